The van der Waals surface area contributed by atoms with E-state index in [4.69, 9.17) is 13.3 Å². The first kappa shape index (κ1) is 69.9. The van der Waals surface area contributed by atoms with E-state index in [1.54, 1.807) is 0 Å². The van der Waals surface area contributed by atoms with E-state index in [2.05, 4.69) is 425 Å². The average molecular weight is 1590 g/mol. The summed E-state index contributed by atoms with van der Waals surface area (Å²) in [6.07, 6.45) is 0. The largest absolute Gasteiger partial charge is 0.455 e. The van der Waals surface area contributed by atoms with Gasteiger partial charge in [-0.3, -0.25) is 0 Å². The first-order chi connectivity index (χ1) is 61.6. The molecule has 0 spiro atoms. The van der Waals surface area contributed by atoms with Crippen LogP contribution < -0.4 is 0 Å². The lowest BCUT2D eigenvalue weighted by atomic mass is 9.84. The highest BCUT2D eigenvalue weighted by molar-refractivity contribution is 7.26. The fraction of sp³-hybridized carbons (Fsp3) is 0. The van der Waals surface area contributed by atoms with Crippen LogP contribution in [-0.2, 0) is 0 Å². The number of hydrogen-bond donors (Lipinski definition) is 0. The maximum atomic E-state index is 7.12. The molecule has 0 aliphatic heterocycles. The molecule has 4 heterocycles. The van der Waals surface area contributed by atoms with Crippen molar-refractivity contribution in [3.63, 3.8) is 0 Å². The van der Waals surface area contributed by atoms with Gasteiger partial charge < -0.3 is 13.3 Å². The summed E-state index contributed by atoms with van der Waals surface area (Å²) in [5, 5.41) is 31.2. The summed E-state index contributed by atoms with van der Waals surface area (Å²) in [6.45, 7) is 0. The number of hydrogen-bond acceptors (Lipinski definition) is 4. The molecule has 0 aliphatic rings. The minimum absolute atomic E-state index is 0.872. The van der Waals surface area contributed by atoms with Gasteiger partial charge in [-0.05, 0) is 189 Å². The van der Waals surface area contributed by atoms with E-state index in [0.29, 0.717) is 0 Å². The number of furan rings is 3. The van der Waals surface area contributed by atoms with Crippen molar-refractivity contribution in [2.75, 3.05) is 0 Å². The van der Waals surface area contributed by atoms with Crippen LogP contribution in [-0.4, -0.2) is 0 Å². The number of thiophene rings is 1. The van der Waals surface area contributed by atoms with Gasteiger partial charge >= 0.3 is 0 Å². The molecule has 4 aromatic heterocycles. The van der Waals surface area contributed by atoms with Crippen LogP contribution >= 0.6 is 11.3 Å². The molecule has 3 nitrogen and oxygen atoms in total. The van der Waals surface area contributed by atoms with Gasteiger partial charge in [-0.25, -0.2) is 0 Å². The Labute approximate surface area is 716 Å². The summed E-state index contributed by atoms with van der Waals surface area (Å²) in [5.41, 5.74) is 24.6. The molecule has 0 saturated carbocycles. The zero-order chi connectivity index (χ0) is 81.2. The van der Waals surface area contributed by atoms with Crippen LogP contribution in [0.15, 0.2) is 438 Å². The van der Waals surface area contributed by atoms with Crippen molar-refractivity contribution in [2.24, 2.45) is 0 Å². The number of benzene rings is 23. The highest BCUT2D eigenvalue weighted by atomic mass is 32.1. The van der Waals surface area contributed by atoms with Gasteiger partial charge in [-0.15, -0.1) is 11.3 Å². The highest BCUT2D eigenvalue weighted by Crippen LogP contribution is 2.55. The molecular weight excluding hydrogens is 1520 g/mol. The van der Waals surface area contributed by atoms with E-state index in [0.717, 1.165) is 93.5 Å². The Kier molecular flexibility index (Phi) is 15.7. The fourth-order valence-electron chi connectivity index (χ4n) is 21.2. The zero-order valence-corrected chi connectivity index (χ0v) is 67.9. The summed E-state index contributed by atoms with van der Waals surface area (Å²) < 4.78 is 23.4. The summed E-state index contributed by atoms with van der Waals surface area (Å²) in [5.74, 6) is 0. The second-order valence-corrected chi connectivity index (χ2v) is 33.8. The Balaban J connectivity index is 0.000000133. The number of rotatable bonds is 8. The van der Waals surface area contributed by atoms with Gasteiger partial charge in [0.05, 0.1) is 0 Å². The van der Waals surface area contributed by atoms with Crippen LogP contribution in [0.3, 0.4) is 0 Å². The summed E-state index contributed by atoms with van der Waals surface area (Å²) in [7, 11) is 0. The maximum Gasteiger partial charge on any atom is 0.143 e. The van der Waals surface area contributed by atoms with E-state index in [9.17, 15) is 0 Å². The molecule has 4 heteroatoms. The van der Waals surface area contributed by atoms with E-state index >= 15 is 0 Å². The molecule has 27 rings (SSSR count). The topological polar surface area (TPSA) is 39.4 Å². The Morgan fingerprint density at radius 3 is 0.887 bits per heavy atom. The van der Waals surface area contributed by atoms with Gasteiger partial charge in [0.2, 0.25) is 0 Å². The lowest BCUT2D eigenvalue weighted by Crippen LogP contribution is -1.91. The Morgan fingerprint density at radius 2 is 0.460 bits per heavy atom. The van der Waals surface area contributed by atoms with Gasteiger partial charge in [0, 0.05) is 85.7 Å². The lowest BCUT2D eigenvalue weighted by Gasteiger charge is -2.18. The predicted molar refractivity (Wildman–Crippen MR) is 529 cm³/mol. The molecule has 0 bridgehead atoms. The van der Waals surface area contributed by atoms with Gasteiger partial charge in [0.1, 0.15) is 33.5 Å². The molecular formula is C120H70O3S. The summed E-state index contributed by atoms with van der Waals surface area (Å²) >= 11 is 1.89. The van der Waals surface area contributed by atoms with Gasteiger partial charge in [-0.2, -0.15) is 0 Å². The van der Waals surface area contributed by atoms with Crippen LogP contribution in [0.2, 0.25) is 0 Å². The third-order valence-corrected chi connectivity index (χ3v) is 27.5. The minimum Gasteiger partial charge on any atom is -0.455 e. The van der Waals surface area contributed by atoms with Crippen LogP contribution in [0.4, 0.5) is 0 Å². The summed E-state index contributed by atoms with van der Waals surface area (Å²) in [4.78, 5) is 0. The van der Waals surface area contributed by atoms with Crippen molar-refractivity contribution in [2.45, 2.75) is 0 Å². The minimum atomic E-state index is 0.872. The Morgan fingerprint density at radius 1 is 0.153 bits per heavy atom. The maximum absolute atomic E-state index is 7.12. The number of fused-ring (bicyclic) bond motifs is 22. The van der Waals surface area contributed by atoms with Crippen LogP contribution in [0.1, 0.15) is 0 Å². The predicted octanol–water partition coefficient (Wildman–Crippen LogP) is 35.2. The van der Waals surface area contributed by atoms with E-state index < -0.39 is 0 Å². The molecule has 0 amide bonds. The molecule has 0 atom stereocenters. The van der Waals surface area contributed by atoms with Crippen molar-refractivity contribution in [1.29, 1.82) is 0 Å². The monoisotopic (exact) mass is 1590 g/mol. The van der Waals surface area contributed by atoms with Crippen molar-refractivity contribution < 1.29 is 13.3 Å². The van der Waals surface area contributed by atoms with Crippen molar-refractivity contribution in [1.82, 2.24) is 0 Å². The quantitative estimate of drug-likeness (QED) is 0.142. The molecule has 0 saturated heterocycles. The molecule has 0 unspecified atom stereocenters. The molecule has 124 heavy (non-hydrogen) atoms. The van der Waals surface area contributed by atoms with Crippen molar-refractivity contribution >= 4 is 194 Å². The smallest absolute Gasteiger partial charge is 0.143 e. The van der Waals surface area contributed by atoms with Gasteiger partial charge in [0.15, 0.2) is 0 Å². The molecule has 27 aromatic rings. The SMILES string of the molecule is c1ccc(-c2c3ccccc3c(-c3cccc4c3oc3cccc(-c5c6ccccc6c(-c6ccc7oc8c9ccccc9ccc8c7c6)c6ccccc56)c34)c3ccccc23)cc1.c1ccc(-c2c3ccccc3c(-c3cccc4c3oc3cccc(-c5c6ccccc6c(-c6cccc7c6sc6ccccc67)c6ccccc56)c34)c3ccccc23)cc1. The van der Waals surface area contributed by atoms with Crippen LogP contribution in [0.25, 0.3) is 272 Å². The first-order valence-electron chi connectivity index (χ1n) is 42.6. The molecule has 0 radical (unpaired) electrons. The molecule has 23 aromatic carbocycles. The van der Waals surface area contributed by atoms with E-state index in [-0.39, 0.29) is 0 Å². The standard InChI is InChI=1S/C62H36O2.C58H34OS/c1-2-17-38(18-3-1)56-41-20-6-12-26-47(41)59(48-27-13-7-21-42(48)56)51-29-14-30-52-60-50(28-15-31-55(60)64-62(51)52)58-45-24-10-8-22-43(45)57(44-23-9-11-25-46(44)58)39-33-35-54-53(36-39)49-34-32-37-16-4-5-19-40(37)61(49)63-54;1-2-17-35(18-3-1)52-37-20-4-6-22-39(37)54(40-23-7-5-21-38(40)52)47-30-15-31-48-56-46(29-16-33-50(56)59-57(47)48)53-41-24-8-10-26-43(41)55(44-27-11-9-25-42(44)53)49-32-14-28-45-36-19-12-13-34-51(36)60-58(45)49/h1-36H;1-34H. The normalized spacial score (nSPS) is 12.0. The lowest BCUT2D eigenvalue weighted by molar-refractivity contribution is 0.670. The zero-order valence-electron chi connectivity index (χ0n) is 67.0. The summed E-state index contributed by atoms with van der Waals surface area (Å²) in [6, 6.07) is 155. The van der Waals surface area contributed by atoms with Gasteiger partial charge in [-0.1, -0.05) is 388 Å². The van der Waals surface area contributed by atoms with Crippen molar-refractivity contribution in [3.05, 3.63) is 425 Å². The van der Waals surface area contributed by atoms with E-state index in [1.165, 1.54) is 178 Å². The Bertz CT molecular complexity index is 8970. The fourth-order valence-corrected chi connectivity index (χ4v) is 22.4. The van der Waals surface area contributed by atoms with Gasteiger partial charge in [0.25, 0.3) is 0 Å². The van der Waals surface area contributed by atoms with Crippen LogP contribution in [0.5, 0.6) is 0 Å². The molecule has 0 fully saturated rings. The van der Waals surface area contributed by atoms with Crippen molar-refractivity contribution in [3.8, 4) is 89.0 Å². The van der Waals surface area contributed by atoms with E-state index in [1.807, 2.05) is 11.3 Å². The average Bonchev–Trinajstić information content (AvgIpc) is 1.40. The Hall–Kier alpha value is -16.0. The first-order valence-corrected chi connectivity index (χ1v) is 43.4. The van der Waals surface area contributed by atoms with Crippen LogP contribution in [0, 0.1) is 0 Å². The second-order valence-electron chi connectivity index (χ2n) is 32.8. The third kappa shape index (κ3) is 10.5. The molecule has 0 N–H and O–H groups in total. The number of para-hydroxylation sites is 2. The third-order valence-electron chi connectivity index (χ3n) is 26.3. The molecule has 574 valence electrons. The highest BCUT2D eigenvalue weighted by Gasteiger charge is 2.29. The molecule has 0 aliphatic carbocycles. The second kappa shape index (κ2) is 27.8.